The SMILES string of the molecule is Cc1ccc(NC(=O)COC(=O)c2c(F)cccc2Cl)cc1[N+](=O)[O-]. The van der Waals surface area contributed by atoms with Crippen molar-refractivity contribution < 1.29 is 23.6 Å². The van der Waals surface area contributed by atoms with Crippen LogP contribution in [0.1, 0.15) is 15.9 Å². The van der Waals surface area contributed by atoms with Crippen LogP contribution in [0.15, 0.2) is 36.4 Å². The molecule has 7 nitrogen and oxygen atoms in total. The highest BCUT2D eigenvalue weighted by Crippen LogP contribution is 2.22. The Kier molecular flexibility index (Phi) is 5.66. The van der Waals surface area contributed by atoms with Gasteiger partial charge >= 0.3 is 5.97 Å². The summed E-state index contributed by atoms with van der Waals surface area (Å²) in [6.45, 7) is 0.856. The van der Waals surface area contributed by atoms with Gasteiger partial charge in [-0.15, -0.1) is 0 Å². The van der Waals surface area contributed by atoms with Gasteiger partial charge in [-0.25, -0.2) is 9.18 Å². The van der Waals surface area contributed by atoms with Gasteiger partial charge in [-0.1, -0.05) is 23.7 Å². The third-order valence-electron chi connectivity index (χ3n) is 3.19. The molecule has 0 unspecified atom stereocenters. The predicted octanol–water partition coefficient (Wildman–Crippen LogP) is 3.49. The van der Waals surface area contributed by atoms with E-state index in [1.165, 1.54) is 30.3 Å². The number of carbonyl (C=O) groups is 2. The van der Waals surface area contributed by atoms with Crippen LogP contribution in [0.2, 0.25) is 5.02 Å². The molecule has 1 N–H and O–H groups in total. The summed E-state index contributed by atoms with van der Waals surface area (Å²) < 4.78 is 18.3. The van der Waals surface area contributed by atoms with Gasteiger partial charge in [-0.2, -0.15) is 0 Å². The van der Waals surface area contributed by atoms with Crippen LogP contribution in [0.25, 0.3) is 0 Å². The lowest BCUT2D eigenvalue weighted by atomic mass is 10.2. The Labute approximate surface area is 146 Å². The van der Waals surface area contributed by atoms with E-state index in [2.05, 4.69) is 5.32 Å². The fourth-order valence-corrected chi connectivity index (χ4v) is 2.22. The number of carbonyl (C=O) groups excluding carboxylic acids is 2. The van der Waals surface area contributed by atoms with Crippen LogP contribution < -0.4 is 5.32 Å². The molecule has 0 saturated carbocycles. The molecule has 0 bridgehead atoms. The van der Waals surface area contributed by atoms with Crippen molar-refractivity contribution in [2.45, 2.75) is 6.92 Å². The Hall–Kier alpha value is -3.00. The van der Waals surface area contributed by atoms with Gasteiger partial charge in [0.1, 0.15) is 11.4 Å². The van der Waals surface area contributed by atoms with E-state index in [4.69, 9.17) is 16.3 Å². The molecule has 0 aliphatic carbocycles. The largest absolute Gasteiger partial charge is 0.452 e. The number of benzene rings is 2. The molecule has 2 aromatic carbocycles. The molecule has 2 aromatic rings. The van der Waals surface area contributed by atoms with E-state index >= 15 is 0 Å². The van der Waals surface area contributed by atoms with E-state index in [1.54, 1.807) is 6.92 Å². The molecule has 0 heterocycles. The fourth-order valence-electron chi connectivity index (χ4n) is 1.98. The van der Waals surface area contributed by atoms with Crippen molar-refractivity contribution in [3.63, 3.8) is 0 Å². The summed E-state index contributed by atoms with van der Waals surface area (Å²) in [5, 5.41) is 13.1. The summed E-state index contributed by atoms with van der Waals surface area (Å²) in [7, 11) is 0. The van der Waals surface area contributed by atoms with Crippen molar-refractivity contribution in [3.05, 3.63) is 68.5 Å². The molecule has 0 aliphatic rings. The number of amides is 1. The third-order valence-corrected chi connectivity index (χ3v) is 3.51. The summed E-state index contributed by atoms with van der Waals surface area (Å²) >= 11 is 5.73. The molecular formula is C16H12ClFN2O5. The smallest absolute Gasteiger partial charge is 0.343 e. The molecule has 25 heavy (non-hydrogen) atoms. The summed E-state index contributed by atoms with van der Waals surface area (Å²) in [5.74, 6) is -2.70. The number of aryl methyl sites for hydroxylation is 1. The second kappa shape index (κ2) is 7.71. The minimum atomic E-state index is -1.09. The molecule has 0 aliphatic heterocycles. The molecule has 0 spiro atoms. The Morgan fingerprint density at radius 3 is 2.68 bits per heavy atom. The van der Waals surface area contributed by atoms with Gasteiger partial charge in [0, 0.05) is 17.3 Å². The number of anilines is 1. The zero-order valence-corrected chi connectivity index (χ0v) is 13.7. The Balaban J connectivity index is 2.00. The van der Waals surface area contributed by atoms with E-state index in [1.807, 2.05) is 0 Å². The number of nitro benzene ring substituents is 1. The highest BCUT2D eigenvalue weighted by Gasteiger charge is 2.19. The predicted molar refractivity (Wildman–Crippen MR) is 88.2 cm³/mol. The van der Waals surface area contributed by atoms with Crippen LogP contribution in [0.4, 0.5) is 15.8 Å². The molecule has 9 heteroatoms. The molecule has 0 saturated heterocycles. The Morgan fingerprint density at radius 1 is 1.32 bits per heavy atom. The van der Waals surface area contributed by atoms with Crippen molar-refractivity contribution >= 4 is 34.9 Å². The maximum absolute atomic E-state index is 13.6. The topological polar surface area (TPSA) is 98.5 Å². The minimum Gasteiger partial charge on any atom is -0.452 e. The number of rotatable bonds is 5. The number of hydrogen-bond acceptors (Lipinski definition) is 5. The van der Waals surface area contributed by atoms with Crippen LogP contribution in [-0.4, -0.2) is 23.4 Å². The minimum absolute atomic E-state index is 0.139. The van der Waals surface area contributed by atoms with Crippen LogP contribution >= 0.6 is 11.6 Å². The molecule has 1 amide bonds. The van der Waals surface area contributed by atoms with E-state index in [0.29, 0.717) is 5.56 Å². The van der Waals surface area contributed by atoms with Gasteiger partial charge in [-0.3, -0.25) is 14.9 Å². The van der Waals surface area contributed by atoms with Crippen molar-refractivity contribution in [1.29, 1.82) is 0 Å². The molecular weight excluding hydrogens is 355 g/mol. The Bertz CT molecular complexity index is 836. The number of hydrogen-bond donors (Lipinski definition) is 1. The second-order valence-electron chi connectivity index (χ2n) is 4.98. The van der Waals surface area contributed by atoms with E-state index in [0.717, 1.165) is 6.07 Å². The first kappa shape index (κ1) is 18.3. The van der Waals surface area contributed by atoms with Gasteiger partial charge in [-0.05, 0) is 25.1 Å². The van der Waals surface area contributed by atoms with E-state index in [-0.39, 0.29) is 16.4 Å². The first-order valence-electron chi connectivity index (χ1n) is 6.95. The molecule has 0 aromatic heterocycles. The van der Waals surface area contributed by atoms with Crippen molar-refractivity contribution in [2.75, 3.05) is 11.9 Å². The summed E-state index contributed by atoms with van der Waals surface area (Å²) in [5.41, 5.74) is -0.0261. The zero-order valence-electron chi connectivity index (χ0n) is 12.9. The average molecular weight is 367 g/mol. The molecule has 0 radical (unpaired) electrons. The van der Waals surface area contributed by atoms with Crippen LogP contribution in [0.3, 0.4) is 0 Å². The van der Waals surface area contributed by atoms with Crippen LogP contribution in [-0.2, 0) is 9.53 Å². The van der Waals surface area contributed by atoms with Gasteiger partial charge < -0.3 is 10.1 Å². The average Bonchev–Trinajstić information content (AvgIpc) is 2.54. The van der Waals surface area contributed by atoms with Crippen molar-refractivity contribution in [2.24, 2.45) is 0 Å². The first-order chi connectivity index (χ1) is 11.8. The van der Waals surface area contributed by atoms with Crippen LogP contribution in [0.5, 0.6) is 0 Å². The molecule has 0 atom stereocenters. The summed E-state index contributed by atoms with van der Waals surface area (Å²) in [6.07, 6.45) is 0. The van der Waals surface area contributed by atoms with Gasteiger partial charge in [0.05, 0.1) is 9.95 Å². The lowest BCUT2D eigenvalue weighted by Crippen LogP contribution is -2.21. The molecule has 0 fully saturated rings. The van der Waals surface area contributed by atoms with Crippen molar-refractivity contribution in [1.82, 2.24) is 0 Å². The lowest BCUT2D eigenvalue weighted by Gasteiger charge is -2.08. The van der Waals surface area contributed by atoms with E-state index in [9.17, 15) is 24.1 Å². The Morgan fingerprint density at radius 2 is 2.04 bits per heavy atom. The number of nitrogens with zero attached hydrogens (tertiary/aromatic N) is 1. The molecule has 130 valence electrons. The normalized spacial score (nSPS) is 10.2. The number of nitrogens with one attached hydrogen (secondary N) is 1. The number of esters is 1. The van der Waals surface area contributed by atoms with E-state index < -0.39 is 34.8 Å². The highest BCUT2D eigenvalue weighted by atomic mass is 35.5. The summed E-state index contributed by atoms with van der Waals surface area (Å²) in [6, 6.07) is 7.80. The van der Waals surface area contributed by atoms with Gasteiger partial charge in [0.15, 0.2) is 6.61 Å². The standard InChI is InChI=1S/C16H12ClFN2O5/c1-9-5-6-10(7-13(9)20(23)24)19-14(21)8-25-16(22)15-11(17)3-2-4-12(15)18/h2-7H,8H2,1H3,(H,19,21). The number of nitro groups is 1. The monoisotopic (exact) mass is 366 g/mol. The van der Waals surface area contributed by atoms with Crippen molar-refractivity contribution in [3.8, 4) is 0 Å². The zero-order chi connectivity index (χ0) is 18.6. The molecule has 2 rings (SSSR count). The lowest BCUT2D eigenvalue weighted by molar-refractivity contribution is -0.385. The number of ether oxygens (including phenoxy) is 1. The van der Waals surface area contributed by atoms with Gasteiger partial charge in [0.2, 0.25) is 0 Å². The third kappa shape index (κ3) is 4.51. The second-order valence-corrected chi connectivity index (χ2v) is 5.39. The highest BCUT2D eigenvalue weighted by molar-refractivity contribution is 6.33. The maximum Gasteiger partial charge on any atom is 0.343 e. The summed E-state index contributed by atoms with van der Waals surface area (Å²) in [4.78, 5) is 33.9. The number of halogens is 2. The first-order valence-corrected chi connectivity index (χ1v) is 7.33. The van der Waals surface area contributed by atoms with Crippen LogP contribution in [0, 0.1) is 22.9 Å². The van der Waals surface area contributed by atoms with Gasteiger partial charge in [0.25, 0.3) is 11.6 Å². The maximum atomic E-state index is 13.6. The quantitative estimate of drug-likeness (QED) is 0.496. The fraction of sp³-hybridized carbons (Fsp3) is 0.125.